The second kappa shape index (κ2) is 4.98. The van der Waals surface area contributed by atoms with E-state index in [1.807, 2.05) is 18.2 Å². The van der Waals surface area contributed by atoms with Crippen LogP contribution in [0.3, 0.4) is 0 Å². The SMILES string of the molecule is COc1ccccc1OC(=O)C12C[C@@H]3C[C@@H](CC(Br)(C3)C1)C2. The number of esters is 1. The van der Waals surface area contributed by atoms with Gasteiger partial charge >= 0.3 is 5.97 Å². The predicted octanol–water partition coefficient (Wildman–Crippen LogP) is 4.33. The zero-order valence-corrected chi connectivity index (χ0v) is 14.4. The Morgan fingerprint density at radius 2 is 1.77 bits per heavy atom. The summed E-state index contributed by atoms with van der Waals surface area (Å²) >= 11 is 3.94. The van der Waals surface area contributed by atoms with Crippen LogP contribution >= 0.6 is 15.9 Å². The van der Waals surface area contributed by atoms with Gasteiger partial charge in [-0.05, 0) is 62.5 Å². The van der Waals surface area contributed by atoms with E-state index in [0.717, 1.165) is 19.3 Å². The number of carbonyl (C=O) groups is 1. The van der Waals surface area contributed by atoms with Crippen molar-refractivity contribution in [2.75, 3.05) is 7.11 Å². The first-order chi connectivity index (χ1) is 10.5. The monoisotopic (exact) mass is 364 g/mol. The zero-order valence-electron chi connectivity index (χ0n) is 12.8. The second-order valence-corrected chi connectivity index (χ2v) is 9.11. The van der Waals surface area contributed by atoms with Gasteiger partial charge in [-0.2, -0.15) is 0 Å². The third-order valence-corrected chi connectivity index (χ3v) is 6.62. The van der Waals surface area contributed by atoms with E-state index < -0.39 is 0 Å². The number of methoxy groups -OCH3 is 1. The maximum atomic E-state index is 13.0. The van der Waals surface area contributed by atoms with Crippen molar-refractivity contribution in [2.24, 2.45) is 17.3 Å². The number of hydrogen-bond acceptors (Lipinski definition) is 3. The average Bonchev–Trinajstić information content (AvgIpc) is 2.45. The van der Waals surface area contributed by atoms with Crippen molar-refractivity contribution in [1.29, 1.82) is 0 Å². The van der Waals surface area contributed by atoms with Crippen molar-refractivity contribution in [3.8, 4) is 11.5 Å². The van der Waals surface area contributed by atoms with Crippen LogP contribution in [0.15, 0.2) is 24.3 Å². The van der Waals surface area contributed by atoms with Crippen molar-refractivity contribution in [3.05, 3.63) is 24.3 Å². The van der Waals surface area contributed by atoms with Crippen LogP contribution in [0.5, 0.6) is 11.5 Å². The molecule has 5 rings (SSSR count). The summed E-state index contributed by atoms with van der Waals surface area (Å²) in [6.07, 6.45) is 6.62. The van der Waals surface area contributed by atoms with Crippen LogP contribution in [-0.4, -0.2) is 17.4 Å². The number of carbonyl (C=O) groups excluding carboxylic acids is 1. The normalized spacial score (nSPS) is 38.8. The van der Waals surface area contributed by atoms with Gasteiger partial charge in [-0.25, -0.2) is 0 Å². The molecule has 0 amide bonds. The fourth-order valence-electron chi connectivity index (χ4n) is 5.30. The molecule has 0 heterocycles. The molecule has 0 saturated heterocycles. The molecule has 1 aromatic carbocycles. The number of alkyl halides is 1. The van der Waals surface area contributed by atoms with Gasteiger partial charge in [-0.15, -0.1) is 0 Å². The van der Waals surface area contributed by atoms with Gasteiger partial charge < -0.3 is 9.47 Å². The summed E-state index contributed by atoms with van der Waals surface area (Å²) in [5, 5.41) is 0. The van der Waals surface area contributed by atoms with Crippen LogP contribution in [-0.2, 0) is 4.79 Å². The molecule has 4 heteroatoms. The Balaban J connectivity index is 1.60. The van der Waals surface area contributed by atoms with Crippen molar-refractivity contribution in [3.63, 3.8) is 0 Å². The second-order valence-electron chi connectivity index (χ2n) is 7.43. The van der Waals surface area contributed by atoms with E-state index in [0.29, 0.717) is 23.3 Å². The number of hydrogen-bond donors (Lipinski definition) is 0. The fraction of sp³-hybridized carbons (Fsp3) is 0.611. The molecule has 4 atom stereocenters. The summed E-state index contributed by atoms with van der Waals surface area (Å²) in [6, 6.07) is 7.39. The van der Waals surface area contributed by atoms with Gasteiger partial charge in [0.25, 0.3) is 0 Å². The lowest BCUT2D eigenvalue weighted by molar-refractivity contribution is -0.159. The van der Waals surface area contributed by atoms with E-state index in [4.69, 9.17) is 9.47 Å². The molecule has 0 aliphatic heterocycles. The summed E-state index contributed by atoms with van der Waals surface area (Å²) in [5.74, 6) is 2.44. The first-order valence-corrected chi connectivity index (χ1v) is 8.85. The molecule has 4 aliphatic carbocycles. The minimum atomic E-state index is -0.297. The van der Waals surface area contributed by atoms with Crippen LogP contribution < -0.4 is 9.47 Å². The highest BCUT2D eigenvalue weighted by Crippen LogP contribution is 2.64. The lowest BCUT2D eigenvalue weighted by Gasteiger charge is -2.58. The topological polar surface area (TPSA) is 35.5 Å². The highest BCUT2D eigenvalue weighted by atomic mass is 79.9. The molecule has 0 N–H and O–H groups in total. The molecule has 118 valence electrons. The first-order valence-electron chi connectivity index (χ1n) is 8.06. The molecular formula is C18H21BrO3. The average molecular weight is 365 g/mol. The molecule has 1 aromatic rings. The summed E-state index contributed by atoms with van der Waals surface area (Å²) in [5.41, 5.74) is -0.297. The lowest BCUT2D eigenvalue weighted by atomic mass is 9.49. The van der Waals surface area contributed by atoms with Crippen molar-refractivity contribution < 1.29 is 14.3 Å². The minimum absolute atomic E-state index is 0.0603. The number of halogens is 1. The first kappa shape index (κ1) is 14.6. The number of ether oxygens (including phenoxy) is 2. The van der Waals surface area contributed by atoms with Crippen LogP contribution in [0.1, 0.15) is 38.5 Å². The predicted molar refractivity (Wildman–Crippen MR) is 87.4 cm³/mol. The van der Waals surface area contributed by atoms with E-state index in [-0.39, 0.29) is 15.7 Å². The third-order valence-electron chi connectivity index (χ3n) is 5.69. The van der Waals surface area contributed by atoms with E-state index in [1.54, 1.807) is 13.2 Å². The minimum Gasteiger partial charge on any atom is -0.493 e. The Hall–Kier alpha value is -1.03. The Bertz CT molecular complexity index is 598. The number of benzene rings is 1. The molecule has 4 fully saturated rings. The maximum Gasteiger partial charge on any atom is 0.317 e. The van der Waals surface area contributed by atoms with Crippen molar-refractivity contribution >= 4 is 21.9 Å². The quantitative estimate of drug-likeness (QED) is 0.454. The summed E-state index contributed by atoms with van der Waals surface area (Å²) in [4.78, 5) is 13.0. The molecule has 3 nitrogen and oxygen atoms in total. The van der Waals surface area contributed by atoms with E-state index in [9.17, 15) is 4.79 Å². The number of para-hydroxylation sites is 2. The summed E-state index contributed by atoms with van der Waals surface area (Å²) in [7, 11) is 1.60. The van der Waals surface area contributed by atoms with E-state index in [1.165, 1.54) is 19.3 Å². The molecule has 0 aromatic heterocycles. The Morgan fingerprint density at radius 3 is 2.36 bits per heavy atom. The van der Waals surface area contributed by atoms with Crippen molar-refractivity contribution in [2.45, 2.75) is 42.8 Å². The van der Waals surface area contributed by atoms with Gasteiger partial charge in [0.05, 0.1) is 12.5 Å². The van der Waals surface area contributed by atoms with Crippen LogP contribution in [0, 0.1) is 17.3 Å². The lowest BCUT2D eigenvalue weighted by Crippen LogP contribution is -2.56. The molecule has 4 bridgehead atoms. The molecule has 2 unspecified atom stereocenters. The third kappa shape index (κ3) is 2.27. The molecule has 0 radical (unpaired) electrons. The van der Waals surface area contributed by atoms with Gasteiger partial charge in [0, 0.05) is 4.32 Å². The van der Waals surface area contributed by atoms with Gasteiger partial charge in [-0.3, -0.25) is 4.79 Å². The smallest absolute Gasteiger partial charge is 0.317 e. The zero-order chi connectivity index (χ0) is 15.4. The van der Waals surface area contributed by atoms with Gasteiger partial charge in [0.2, 0.25) is 0 Å². The van der Waals surface area contributed by atoms with Crippen LogP contribution in [0.2, 0.25) is 0 Å². The van der Waals surface area contributed by atoms with Gasteiger partial charge in [0.1, 0.15) is 0 Å². The molecule has 4 aliphatic rings. The fourth-order valence-corrected chi connectivity index (χ4v) is 6.75. The summed E-state index contributed by atoms with van der Waals surface area (Å²) < 4.78 is 11.2. The van der Waals surface area contributed by atoms with Gasteiger partial charge in [0.15, 0.2) is 11.5 Å². The molecule has 4 saturated carbocycles. The Labute approximate surface area is 139 Å². The Kier molecular flexibility index (Phi) is 3.30. The highest BCUT2D eigenvalue weighted by molar-refractivity contribution is 9.10. The van der Waals surface area contributed by atoms with E-state index in [2.05, 4.69) is 15.9 Å². The van der Waals surface area contributed by atoms with Gasteiger partial charge in [-0.1, -0.05) is 28.1 Å². The summed E-state index contributed by atoms with van der Waals surface area (Å²) in [6.45, 7) is 0. The molecule has 22 heavy (non-hydrogen) atoms. The standard InChI is InChI=1S/C18H21BrO3/c1-21-14-4-2-3-5-15(14)22-16(20)17-7-12-6-13(8-17)10-18(19,9-12)11-17/h2-5,12-13H,6-11H2,1H3/t12-,13+,17?,18?. The highest BCUT2D eigenvalue weighted by Gasteiger charge is 2.60. The molecular weight excluding hydrogens is 344 g/mol. The maximum absolute atomic E-state index is 13.0. The van der Waals surface area contributed by atoms with Crippen LogP contribution in [0.25, 0.3) is 0 Å². The largest absolute Gasteiger partial charge is 0.493 e. The van der Waals surface area contributed by atoms with E-state index >= 15 is 0 Å². The Morgan fingerprint density at radius 1 is 1.14 bits per heavy atom. The van der Waals surface area contributed by atoms with Crippen LogP contribution in [0.4, 0.5) is 0 Å². The number of rotatable bonds is 3. The van der Waals surface area contributed by atoms with Crippen molar-refractivity contribution in [1.82, 2.24) is 0 Å². The molecule has 0 spiro atoms.